The molecule has 1 atom stereocenters. The molecule has 1 aliphatic rings. The zero-order valence-electron chi connectivity index (χ0n) is 10.7. The Bertz CT molecular complexity index is 423. The van der Waals surface area contributed by atoms with Gasteiger partial charge in [0.25, 0.3) is 0 Å². The summed E-state index contributed by atoms with van der Waals surface area (Å²) in [6, 6.07) is 7.82. The molecular weight excluding hydrogens is 226 g/mol. The molecule has 18 heavy (non-hydrogen) atoms. The Labute approximate surface area is 108 Å². The fourth-order valence-electron chi connectivity index (χ4n) is 1.99. The highest BCUT2D eigenvalue weighted by Gasteiger charge is 2.13. The van der Waals surface area contributed by atoms with E-state index < -0.39 is 0 Å². The predicted molar refractivity (Wildman–Crippen MR) is 72.7 cm³/mol. The molecule has 0 aromatic heterocycles. The van der Waals surface area contributed by atoms with Crippen molar-refractivity contribution >= 4 is 11.8 Å². The van der Waals surface area contributed by atoms with Crippen LogP contribution in [0.15, 0.2) is 36.4 Å². The molecule has 0 bridgehead atoms. The van der Waals surface area contributed by atoms with Crippen molar-refractivity contribution in [1.29, 1.82) is 0 Å². The monoisotopic (exact) mass is 245 g/mol. The molecule has 0 spiro atoms. The molecule has 96 valence electrons. The Kier molecular flexibility index (Phi) is 4.40. The molecule has 1 aromatic rings. The van der Waals surface area contributed by atoms with Crippen LogP contribution in [0.5, 0.6) is 0 Å². The number of allylic oxidation sites excluding steroid dienone is 1. The van der Waals surface area contributed by atoms with Crippen LogP contribution in [0.4, 0.5) is 10.5 Å². The van der Waals surface area contributed by atoms with Gasteiger partial charge in [-0.05, 0) is 49.5 Å². The smallest absolute Gasteiger partial charge is 0.412 e. The fourth-order valence-corrected chi connectivity index (χ4v) is 1.99. The highest BCUT2D eigenvalue weighted by molar-refractivity contribution is 5.84. The highest BCUT2D eigenvalue weighted by Crippen LogP contribution is 2.15. The Morgan fingerprint density at radius 2 is 2.17 bits per heavy atom. The van der Waals surface area contributed by atoms with E-state index in [-0.39, 0.29) is 12.2 Å². The van der Waals surface area contributed by atoms with E-state index in [0.717, 1.165) is 31.4 Å². The van der Waals surface area contributed by atoms with E-state index >= 15 is 0 Å². The fraction of sp³-hybridized carbons (Fsp3) is 0.400. The van der Waals surface area contributed by atoms with Gasteiger partial charge in [-0.2, -0.15) is 0 Å². The van der Waals surface area contributed by atoms with E-state index in [1.54, 1.807) is 0 Å². The van der Waals surface area contributed by atoms with E-state index in [2.05, 4.69) is 18.3 Å². The summed E-state index contributed by atoms with van der Waals surface area (Å²) in [6.45, 7) is 2.10. The van der Waals surface area contributed by atoms with Crippen molar-refractivity contribution in [3.63, 3.8) is 0 Å². The quantitative estimate of drug-likeness (QED) is 0.820. The number of carbonyl (C=O) groups excluding carboxylic acids is 1. The number of amides is 1. The number of ether oxygens (including phenoxy) is 1. The van der Waals surface area contributed by atoms with Crippen LogP contribution in [0.25, 0.3) is 0 Å². The molecule has 0 saturated carbocycles. The number of hydrogen-bond donors (Lipinski definition) is 1. The molecular formula is C15H19NO2. The Hall–Kier alpha value is -1.77. The maximum atomic E-state index is 11.7. The van der Waals surface area contributed by atoms with Crippen molar-refractivity contribution in [3.05, 3.63) is 42.0 Å². The summed E-state index contributed by atoms with van der Waals surface area (Å²) in [5.74, 6) is 0. The molecule has 1 aromatic carbocycles. The molecule has 2 rings (SSSR count). The van der Waals surface area contributed by atoms with E-state index in [1.165, 1.54) is 5.56 Å². The lowest BCUT2D eigenvalue weighted by molar-refractivity contribution is 0.126. The van der Waals surface area contributed by atoms with Gasteiger partial charge in [0.2, 0.25) is 0 Å². The minimum Gasteiger partial charge on any atom is -0.442 e. The second-order valence-corrected chi connectivity index (χ2v) is 4.48. The molecule has 0 radical (unpaired) electrons. The molecule has 3 heteroatoms. The minimum absolute atomic E-state index is 0.0753. The first-order valence-corrected chi connectivity index (χ1v) is 6.51. The van der Waals surface area contributed by atoms with Crippen LogP contribution in [0.2, 0.25) is 0 Å². The zero-order chi connectivity index (χ0) is 12.8. The van der Waals surface area contributed by atoms with E-state index in [1.807, 2.05) is 30.3 Å². The molecule has 1 N–H and O–H groups in total. The van der Waals surface area contributed by atoms with Gasteiger partial charge >= 0.3 is 6.09 Å². The van der Waals surface area contributed by atoms with E-state index in [4.69, 9.17) is 4.74 Å². The van der Waals surface area contributed by atoms with Gasteiger partial charge in [-0.25, -0.2) is 4.79 Å². The van der Waals surface area contributed by atoms with Crippen LogP contribution < -0.4 is 5.32 Å². The van der Waals surface area contributed by atoms with Crippen LogP contribution in [0.1, 0.15) is 31.7 Å². The van der Waals surface area contributed by atoms with Gasteiger partial charge in [0, 0.05) is 5.69 Å². The molecule has 1 aliphatic carbocycles. The maximum absolute atomic E-state index is 11.7. The first-order chi connectivity index (χ1) is 8.78. The van der Waals surface area contributed by atoms with Gasteiger partial charge in [-0.1, -0.05) is 25.1 Å². The Balaban J connectivity index is 1.86. The second-order valence-electron chi connectivity index (χ2n) is 4.48. The lowest BCUT2D eigenvalue weighted by Gasteiger charge is -2.17. The number of benzene rings is 1. The van der Waals surface area contributed by atoms with Gasteiger partial charge in [0.05, 0.1) is 0 Å². The van der Waals surface area contributed by atoms with Crippen molar-refractivity contribution in [3.8, 4) is 0 Å². The van der Waals surface area contributed by atoms with Crippen molar-refractivity contribution in [2.75, 3.05) is 5.32 Å². The summed E-state index contributed by atoms with van der Waals surface area (Å²) >= 11 is 0. The number of rotatable bonds is 3. The Morgan fingerprint density at radius 1 is 1.39 bits per heavy atom. The van der Waals surface area contributed by atoms with Gasteiger partial charge in [0.1, 0.15) is 6.10 Å². The van der Waals surface area contributed by atoms with Crippen LogP contribution in [-0.2, 0) is 11.2 Å². The average molecular weight is 245 g/mol. The lowest BCUT2D eigenvalue weighted by Crippen LogP contribution is -2.22. The standard InChI is InChI=1S/C15H19NO2/c1-2-12-8-10-13(11-9-12)16-15(17)18-14-6-4-3-5-7-14/h4,6,8-11,14H,2-3,5,7H2,1H3,(H,16,17). The molecule has 1 unspecified atom stereocenters. The normalized spacial score (nSPS) is 18.4. The third-order valence-electron chi connectivity index (χ3n) is 3.08. The molecule has 3 nitrogen and oxygen atoms in total. The average Bonchev–Trinajstić information content (AvgIpc) is 2.40. The topological polar surface area (TPSA) is 38.3 Å². The van der Waals surface area contributed by atoms with Gasteiger partial charge < -0.3 is 4.74 Å². The number of anilines is 1. The number of carbonyl (C=O) groups is 1. The largest absolute Gasteiger partial charge is 0.442 e. The summed E-state index contributed by atoms with van der Waals surface area (Å²) < 4.78 is 5.31. The predicted octanol–water partition coefficient (Wildman–Crippen LogP) is 3.91. The van der Waals surface area contributed by atoms with Crippen molar-refractivity contribution in [2.24, 2.45) is 0 Å². The van der Waals surface area contributed by atoms with Crippen LogP contribution in [0, 0.1) is 0 Å². The summed E-state index contributed by atoms with van der Waals surface area (Å²) in [6.07, 6.45) is 7.65. The zero-order valence-corrected chi connectivity index (χ0v) is 10.7. The van der Waals surface area contributed by atoms with E-state index in [9.17, 15) is 4.79 Å². The van der Waals surface area contributed by atoms with Crippen LogP contribution in [-0.4, -0.2) is 12.2 Å². The maximum Gasteiger partial charge on any atom is 0.412 e. The molecule has 0 heterocycles. The van der Waals surface area contributed by atoms with E-state index in [0.29, 0.717) is 0 Å². The first kappa shape index (κ1) is 12.7. The number of aryl methyl sites for hydroxylation is 1. The second kappa shape index (κ2) is 6.24. The van der Waals surface area contributed by atoms with Gasteiger partial charge in [-0.3, -0.25) is 5.32 Å². The summed E-state index contributed by atoms with van der Waals surface area (Å²) in [5.41, 5.74) is 2.03. The highest BCUT2D eigenvalue weighted by atomic mass is 16.6. The molecule has 0 saturated heterocycles. The van der Waals surface area contributed by atoms with Crippen molar-refractivity contribution in [1.82, 2.24) is 0 Å². The van der Waals surface area contributed by atoms with Crippen LogP contribution >= 0.6 is 0 Å². The summed E-state index contributed by atoms with van der Waals surface area (Å²) in [5, 5.41) is 2.75. The summed E-state index contributed by atoms with van der Waals surface area (Å²) in [4.78, 5) is 11.7. The molecule has 0 fully saturated rings. The number of hydrogen-bond acceptors (Lipinski definition) is 2. The van der Waals surface area contributed by atoms with Crippen molar-refractivity contribution in [2.45, 2.75) is 38.7 Å². The van der Waals surface area contributed by atoms with Crippen molar-refractivity contribution < 1.29 is 9.53 Å². The number of nitrogens with one attached hydrogen (secondary N) is 1. The SMILES string of the molecule is CCc1ccc(NC(=O)OC2C=CCCC2)cc1. The van der Waals surface area contributed by atoms with Gasteiger partial charge in [-0.15, -0.1) is 0 Å². The van der Waals surface area contributed by atoms with Gasteiger partial charge in [0.15, 0.2) is 0 Å². The first-order valence-electron chi connectivity index (χ1n) is 6.51. The van der Waals surface area contributed by atoms with Crippen LogP contribution in [0.3, 0.4) is 0 Å². The third-order valence-corrected chi connectivity index (χ3v) is 3.08. The Morgan fingerprint density at radius 3 is 2.78 bits per heavy atom. The lowest BCUT2D eigenvalue weighted by atomic mass is 10.1. The molecule has 1 amide bonds. The third kappa shape index (κ3) is 3.62. The minimum atomic E-state index is -0.379. The molecule has 0 aliphatic heterocycles. The summed E-state index contributed by atoms with van der Waals surface area (Å²) in [7, 11) is 0.